The van der Waals surface area contributed by atoms with E-state index in [0.717, 1.165) is 52.2 Å². The third-order valence-corrected chi connectivity index (χ3v) is 4.45. The summed E-state index contributed by atoms with van der Waals surface area (Å²) >= 11 is 0. The zero-order chi connectivity index (χ0) is 14.7. The van der Waals surface area contributed by atoms with Gasteiger partial charge in [-0.15, -0.1) is 0 Å². The van der Waals surface area contributed by atoms with E-state index in [1.165, 1.54) is 5.82 Å². The smallest absolute Gasteiger partial charge is 0.236 e. The molecular formula is C15H24N4O2. The molecule has 1 aromatic rings. The van der Waals surface area contributed by atoms with E-state index in [-0.39, 0.29) is 5.91 Å². The Hall–Kier alpha value is -1.40. The van der Waals surface area contributed by atoms with Crippen molar-refractivity contribution in [3.05, 3.63) is 18.2 Å². The number of hydrogen-bond acceptors (Lipinski definition) is 4. The summed E-state index contributed by atoms with van der Waals surface area (Å²) in [5, 5.41) is 0. The fourth-order valence-electron chi connectivity index (χ4n) is 3.15. The van der Waals surface area contributed by atoms with E-state index >= 15 is 0 Å². The van der Waals surface area contributed by atoms with Gasteiger partial charge in [-0.3, -0.25) is 9.69 Å². The van der Waals surface area contributed by atoms with Crippen LogP contribution in [0.15, 0.2) is 12.4 Å². The maximum atomic E-state index is 12.3. The van der Waals surface area contributed by atoms with Gasteiger partial charge in [0.1, 0.15) is 5.82 Å². The molecule has 0 unspecified atom stereocenters. The molecule has 1 amide bonds. The number of nitrogens with zero attached hydrogens (tertiary/aromatic N) is 4. The van der Waals surface area contributed by atoms with E-state index in [1.807, 2.05) is 24.3 Å². The SMILES string of the molecule is CN(C[C@H]1CCc2nccn2C1)C(=O)CN1CCOCC1. The molecule has 0 bridgehead atoms. The molecule has 0 radical (unpaired) electrons. The molecule has 3 rings (SSSR count). The normalized spacial score (nSPS) is 22.8. The van der Waals surface area contributed by atoms with Gasteiger partial charge in [0.2, 0.25) is 5.91 Å². The van der Waals surface area contributed by atoms with Crippen molar-refractivity contribution in [1.29, 1.82) is 0 Å². The standard InChI is InChI=1S/C15H24N4O2/c1-17(15(20)12-18-6-8-21-9-7-18)10-13-2-3-14-16-4-5-19(14)11-13/h4-5,13H,2-3,6-12H2,1H3/t13-/m1/s1. The van der Waals surface area contributed by atoms with Crippen molar-refractivity contribution >= 4 is 5.91 Å². The van der Waals surface area contributed by atoms with Gasteiger partial charge in [0.15, 0.2) is 0 Å². The van der Waals surface area contributed by atoms with E-state index < -0.39 is 0 Å². The van der Waals surface area contributed by atoms with Crippen molar-refractivity contribution in [3.63, 3.8) is 0 Å². The monoisotopic (exact) mass is 292 g/mol. The molecule has 1 aromatic heterocycles. The Balaban J connectivity index is 1.47. The minimum absolute atomic E-state index is 0.216. The van der Waals surface area contributed by atoms with Crippen LogP contribution in [0.5, 0.6) is 0 Å². The molecular weight excluding hydrogens is 268 g/mol. The first kappa shape index (κ1) is 14.5. The van der Waals surface area contributed by atoms with E-state index in [9.17, 15) is 4.79 Å². The molecule has 2 aliphatic heterocycles. The lowest BCUT2D eigenvalue weighted by Gasteiger charge is -2.31. The number of imidazole rings is 1. The molecule has 2 aliphatic rings. The molecule has 6 heteroatoms. The van der Waals surface area contributed by atoms with Gasteiger partial charge in [0, 0.05) is 52.0 Å². The molecule has 0 aromatic carbocycles. The summed E-state index contributed by atoms with van der Waals surface area (Å²) in [7, 11) is 1.92. The number of carbonyl (C=O) groups is 1. The first-order valence-electron chi connectivity index (χ1n) is 7.76. The predicted octanol–water partition coefficient (Wildman–Crippen LogP) is 0.236. The summed E-state index contributed by atoms with van der Waals surface area (Å²) in [6.07, 6.45) is 6.04. The number of ether oxygens (including phenoxy) is 1. The zero-order valence-corrected chi connectivity index (χ0v) is 12.7. The van der Waals surface area contributed by atoms with E-state index in [0.29, 0.717) is 12.5 Å². The Morgan fingerprint density at radius 1 is 1.48 bits per heavy atom. The van der Waals surface area contributed by atoms with Crippen LogP contribution in [0.4, 0.5) is 0 Å². The van der Waals surface area contributed by atoms with Crippen LogP contribution in [0.1, 0.15) is 12.2 Å². The van der Waals surface area contributed by atoms with Crippen LogP contribution in [0, 0.1) is 5.92 Å². The first-order valence-corrected chi connectivity index (χ1v) is 7.76. The Morgan fingerprint density at radius 2 is 2.29 bits per heavy atom. The van der Waals surface area contributed by atoms with E-state index in [2.05, 4.69) is 14.5 Å². The number of carbonyl (C=O) groups excluding carboxylic acids is 1. The number of fused-ring (bicyclic) bond motifs is 1. The number of rotatable bonds is 4. The van der Waals surface area contributed by atoms with Crippen molar-refractivity contribution in [2.75, 3.05) is 46.4 Å². The Bertz CT molecular complexity index is 482. The summed E-state index contributed by atoms with van der Waals surface area (Å²) in [6.45, 7) is 5.53. The molecule has 3 heterocycles. The van der Waals surface area contributed by atoms with Crippen LogP contribution < -0.4 is 0 Å². The van der Waals surface area contributed by atoms with Gasteiger partial charge in [0.25, 0.3) is 0 Å². The van der Waals surface area contributed by atoms with Crippen LogP contribution >= 0.6 is 0 Å². The van der Waals surface area contributed by atoms with Crippen LogP contribution in [0.2, 0.25) is 0 Å². The molecule has 0 N–H and O–H groups in total. The summed E-state index contributed by atoms with van der Waals surface area (Å²) in [5.41, 5.74) is 0. The summed E-state index contributed by atoms with van der Waals surface area (Å²) in [4.78, 5) is 20.7. The Labute approximate surface area is 125 Å². The van der Waals surface area contributed by atoms with Crippen molar-refractivity contribution in [3.8, 4) is 0 Å². The molecule has 116 valence electrons. The third-order valence-electron chi connectivity index (χ3n) is 4.45. The number of amides is 1. The molecule has 1 atom stereocenters. The first-order chi connectivity index (χ1) is 10.2. The molecule has 0 aliphatic carbocycles. The zero-order valence-electron chi connectivity index (χ0n) is 12.7. The van der Waals surface area contributed by atoms with E-state index in [4.69, 9.17) is 4.74 Å². The third kappa shape index (κ3) is 3.63. The highest BCUT2D eigenvalue weighted by molar-refractivity contribution is 5.78. The van der Waals surface area contributed by atoms with Crippen molar-refractivity contribution in [2.45, 2.75) is 19.4 Å². The lowest BCUT2D eigenvalue weighted by molar-refractivity contribution is -0.132. The lowest BCUT2D eigenvalue weighted by atomic mass is 9.99. The molecule has 1 fully saturated rings. The maximum absolute atomic E-state index is 12.3. The number of hydrogen-bond donors (Lipinski definition) is 0. The van der Waals surface area contributed by atoms with Crippen LogP contribution in [0.3, 0.4) is 0 Å². The minimum Gasteiger partial charge on any atom is -0.379 e. The molecule has 6 nitrogen and oxygen atoms in total. The second kappa shape index (κ2) is 6.58. The summed E-state index contributed by atoms with van der Waals surface area (Å²) in [5.74, 6) is 1.92. The van der Waals surface area contributed by atoms with Gasteiger partial charge in [-0.2, -0.15) is 0 Å². The van der Waals surface area contributed by atoms with Crippen molar-refractivity contribution in [2.24, 2.45) is 5.92 Å². The molecule has 1 saturated heterocycles. The Morgan fingerprint density at radius 3 is 3.10 bits per heavy atom. The second-order valence-electron chi connectivity index (χ2n) is 6.06. The van der Waals surface area contributed by atoms with Crippen LogP contribution in [-0.2, 0) is 22.5 Å². The average molecular weight is 292 g/mol. The number of aryl methyl sites for hydroxylation is 1. The van der Waals surface area contributed by atoms with E-state index in [1.54, 1.807) is 0 Å². The highest BCUT2D eigenvalue weighted by atomic mass is 16.5. The summed E-state index contributed by atoms with van der Waals surface area (Å²) in [6, 6.07) is 0. The average Bonchev–Trinajstić information content (AvgIpc) is 2.95. The van der Waals surface area contributed by atoms with Crippen molar-refractivity contribution < 1.29 is 9.53 Å². The minimum atomic E-state index is 0.216. The predicted molar refractivity (Wildman–Crippen MR) is 78.9 cm³/mol. The largest absolute Gasteiger partial charge is 0.379 e. The van der Waals surface area contributed by atoms with Gasteiger partial charge in [-0.05, 0) is 12.3 Å². The van der Waals surface area contributed by atoms with Gasteiger partial charge >= 0.3 is 0 Å². The fraction of sp³-hybridized carbons (Fsp3) is 0.733. The van der Waals surface area contributed by atoms with Gasteiger partial charge in [-0.1, -0.05) is 0 Å². The second-order valence-corrected chi connectivity index (χ2v) is 6.06. The van der Waals surface area contributed by atoms with Crippen molar-refractivity contribution in [1.82, 2.24) is 19.4 Å². The van der Waals surface area contributed by atoms with Crippen LogP contribution in [0.25, 0.3) is 0 Å². The van der Waals surface area contributed by atoms with Gasteiger partial charge in [0.05, 0.1) is 19.8 Å². The fourth-order valence-corrected chi connectivity index (χ4v) is 3.15. The molecule has 21 heavy (non-hydrogen) atoms. The maximum Gasteiger partial charge on any atom is 0.236 e. The van der Waals surface area contributed by atoms with Gasteiger partial charge in [-0.25, -0.2) is 4.98 Å². The number of aromatic nitrogens is 2. The summed E-state index contributed by atoms with van der Waals surface area (Å²) < 4.78 is 7.53. The number of likely N-dealkylation sites (N-methyl/N-ethyl adjacent to an activating group) is 1. The highest BCUT2D eigenvalue weighted by Gasteiger charge is 2.23. The Kier molecular flexibility index (Phi) is 4.55. The quantitative estimate of drug-likeness (QED) is 0.797. The number of morpholine rings is 1. The molecule has 0 saturated carbocycles. The molecule has 0 spiro atoms. The topological polar surface area (TPSA) is 50.6 Å². The highest BCUT2D eigenvalue weighted by Crippen LogP contribution is 2.19. The van der Waals surface area contributed by atoms with Gasteiger partial charge < -0.3 is 14.2 Å². The van der Waals surface area contributed by atoms with Crippen LogP contribution in [-0.4, -0.2) is 71.7 Å². The lowest BCUT2D eigenvalue weighted by Crippen LogP contribution is -2.45.